The van der Waals surface area contributed by atoms with Gasteiger partial charge in [0.1, 0.15) is 0 Å². The van der Waals surface area contributed by atoms with Crippen LogP contribution in [0.4, 0.5) is 14.5 Å². The van der Waals surface area contributed by atoms with Gasteiger partial charge < -0.3 is 10.6 Å². The van der Waals surface area contributed by atoms with E-state index in [0.29, 0.717) is 10.7 Å². The topological polar surface area (TPSA) is 24.1 Å². The molecule has 0 saturated carbocycles. The lowest BCUT2D eigenvalue weighted by molar-refractivity contribution is 0.505. The van der Waals surface area contributed by atoms with E-state index in [1.165, 1.54) is 12.1 Å². The lowest BCUT2D eigenvalue weighted by atomic mass is 10.1. The van der Waals surface area contributed by atoms with Crippen molar-refractivity contribution in [3.05, 3.63) is 64.7 Å². The normalized spacial score (nSPS) is 11.9. The molecule has 2 N–H and O–H groups in total. The second kappa shape index (κ2) is 6.83. The van der Waals surface area contributed by atoms with Gasteiger partial charge in [-0.05, 0) is 67.9 Å². The van der Waals surface area contributed by atoms with Crippen molar-refractivity contribution in [1.82, 2.24) is 5.32 Å². The molecular weight excluding hydrogens is 302 g/mol. The summed E-state index contributed by atoms with van der Waals surface area (Å²) in [6.07, 6.45) is 0. The standard InChI is InChI=1S/C17H18F2N2S/c1-10-4-5-11(2)16(8-10)21-17(22)20-12(3)13-6-7-14(18)15(19)9-13/h4-9,12H,1-3H3,(H2,20,21,22)/t12-/m1/s1. The van der Waals surface area contributed by atoms with Crippen LogP contribution in [-0.4, -0.2) is 5.11 Å². The van der Waals surface area contributed by atoms with E-state index in [0.717, 1.165) is 22.9 Å². The van der Waals surface area contributed by atoms with E-state index in [9.17, 15) is 8.78 Å². The van der Waals surface area contributed by atoms with Crippen molar-refractivity contribution in [3.63, 3.8) is 0 Å². The summed E-state index contributed by atoms with van der Waals surface area (Å²) in [4.78, 5) is 0. The van der Waals surface area contributed by atoms with Crippen LogP contribution in [0.15, 0.2) is 36.4 Å². The van der Waals surface area contributed by atoms with Crippen LogP contribution in [0, 0.1) is 25.5 Å². The molecule has 0 aromatic heterocycles. The quantitative estimate of drug-likeness (QED) is 0.806. The van der Waals surface area contributed by atoms with Crippen LogP contribution in [0.2, 0.25) is 0 Å². The molecule has 0 amide bonds. The number of hydrogen-bond acceptors (Lipinski definition) is 1. The molecule has 2 nitrogen and oxygen atoms in total. The zero-order valence-electron chi connectivity index (χ0n) is 12.7. The number of aryl methyl sites for hydroxylation is 2. The first-order chi connectivity index (χ1) is 10.4. The summed E-state index contributed by atoms with van der Waals surface area (Å²) in [7, 11) is 0. The number of rotatable bonds is 3. The number of anilines is 1. The molecule has 0 aliphatic heterocycles. The van der Waals surface area contributed by atoms with Crippen LogP contribution < -0.4 is 10.6 Å². The molecule has 0 aliphatic rings. The highest BCUT2D eigenvalue weighted by atomic mass is 32.1. The van der Waals surface area contributed by atoms with Gasteiger partial charge in [-0.3, -0.25) is 0 Å². The van der Waals surface area contributed by atoms with Crippen LogP contribution in [0.25, 0.3) is 0 Å². The number of halogens is 2. The first kappa shape index (κ1) is 16.4. The third-order valence-corrected chi connectivity index (χ3v) is 3.65. The van der Waals surface area contributed by atoms with Gasteiger partial charge in [-0.1, -0.05) is 18.2 Å². The summed E-state index contributed by atoms with van der Waals surface area (Å²) in [5.74, 6) is -1.72. The van der Waals surface area contributed by atoms with Gasteiger partial charge in [0.25, 0.3) is 0 Å². The molecule has 5 heteroatoms. The average Bonchev–Trinajstić information content (AvgIpc) is 2.45. The van der Waals surface area contributed by atoms with E-state index in [2.05, 4.69) is 10.6 Å². The number of hydrogen-bond donors (Lipinski definition) is 2. The van der Waals surface area contributed by atoms with E-state index in [1.807, 2.05) is 39.0 Å². The molecule has 0 fully saturated rings. The lowest BCUT2D eigenvalue weighted by Gasteiger charge is -2.18. The van der Waals surface area contributed by atoms with Crippen molar-refractivity contribution >= 4 is 23.0 Å². The predicted octanol–water partition coefficient (Wildman–Crippen LogP) is 4.63. The van der Waals surface area contributed by atoms with Crippen molar-refractivity contribution in [3.8, 4) is 0 Å². The van der Waals surface area contributed by atoms with Crippen LogP contribution in [0.5, 0.6) is 0 Å². The Morgan fingerprint density at radius 2 is 1.77 bits per heavy atom. The lowest BCUT2D eigenvalue weighted by Crippen LogP contribution is -2.31. The largest absolute Gasteiger partial charge is 0.356 e. The molecular formula is C17H18F2N2S. The van der Waals surface area contributed by atoms with Gasteiger partial charge in [0.2, 0.25) is 0 Å². The average molecular weight is 320 g/mol. The second-order valence-electron chi connectivity index (χ2n) is 5.31. The van der Waals surface area contributed by atoms with Crippen molar-refractivity contribution in [1.29, 1.82) is 0 Å². The van der Waals surface area contributed by atoms with Crippen molar-refractivity contribution < 1.29 is 8.78 Å². The molecule has 0 bridgehead atoms. The van der Waals surface area contributed by atoms with Gasteiger partial charge in [-0.15, -0.1) is 0 Å². The minimum absolute atomic E-state index is 0.236. The molecule has 116 valence electrons. The fourth-order valence-corrected chi connectivity index (χ4v) is 2.38. The Bertz CT molecular complexity index is 701. The highest BCUT2D eigenvalue weighted by molar-refractivity contribution is 7.80. The Balaban J connectivity index is 2.04. The highest BCUT2D eigenvalue weighted by Crippen LogP contribution is 2.18. The predicted molar refractivity (Wildman–Crippen MR) is 90.0 cm³/mol. The van der Waals surface area contributed by atoms with Crippen molar-refractivity contribution in [2.45, 2.75) is 26.8 Å². The third kappa shape index (κ3) is 4.01. The molecule has 0 heterocycles. The first-order valence-corrected chi connectivity index (χ1v) is 7.37. The first-order valence-electron chi connectivity index (χ1n) is 6.96. The van der Waals surface area contributed by atoms with E-state index in [-0.39, 0.29) is 6.04 Å². The van der Waals surface area contributed by atoms with E-state index in [1.54, 1.807) is 0 Å². The SMILES string of the molecule is Cc1ccc(C)c(NC(=S)N[C@H](C)c2ccc(F)c(F)c2)c1. The monoisotopic (exact) mass is 320 g/mol. The zero-order chi connectivity index (χ0) is 16.3. The maximum atomic E-state index is 13.3. The summed E-state index contributed by atoms with van der Waals surface area (Å²) in [6, 6.07) is 9.64. The molecule has 2 aromatic rings. The zero-order valence-corrected chi connectivity index (χ0v) is 13.5. The Hall–Kier alpha value is -2.01. The molecule has 2 rings (SSSR count). The van der Waals surface area contributed by atoms with E-state index < -0.39 is 11.6 Å². The van der Waals surface area contributed by atoms with Crippen LogP contribution in [0.3, 0.4) is 0 Å². The van der Waals surface area contributed by atoms with Crippen LogP contribution in [0.1, 0.15) is 29.7 Å². The number of benzene rings is 2. The Morgan fingerprint density at radius 1 is 1.05 bits per heavy atom. The summed E-state index contributed by atoms with van der Waals surface area (Å²) in [6.45, 7) is 5.83. The van der Waals surface area contributed by atoms with Crippen LogP contribution >= 0.6 is 12.2 Å². The number of nitrogens with one attached hydrogen (secondary N) is 2. The summed E-state index contributed by atoms with van der Waals surface area (Å²) in [5, 5.41) is 6.64. The molecule has 0 aliphatic carbocycles. The third-order valence-electron chi connectivity index (χ3n) is 3.43. The molecule has 1 atom stereocenters. The van der Waals surface area contributed by atoms with E-state index >= 15 is 0 Å². The smallest absolute Gasteiger partial charge is 0.171 e. The number of thiocarbonyl (C=S) groups is 1. The van der Waals surface area contributed by atoms with Crippen molar-refractivity contribution in [2.75, 3.05) is 5.32 Å². The second-order valence-corrected chi connectivity index (χ2v) is 5.72. The fourth-order valence-electron chi connectivity index (χ4n) is 2.09. The molecule has 0 unspecified atom stereocenters. The van der Waals surface area contributed by atoms with Gasteiger partial charge in [0.05, 0.1) is 6.04 Å². The minimum atomic E-state index is -0.862. The highest BCUT2D eigenvalue weighted by Gasteiger charge is 2.11. The molecule has 0 radical (unpaired) electrons. The Kier molecular flexibility index (Phi) is 5.08. The fraction of sp³-hybridized carbons (Fsp3) is 0.235. The maximum absolute atomic E-state index is 13.3. The van der Waals surface area contributed by atoms with Crippen LogP contribution in [-0.2, 0) is 0 Å². The molecule has 22 heavy (non-hydrogen) atoms. The summed E-state index contributed by atoms with van der Waals surface area (Å²) >= 11 is 5.28. The molecule has 2 aromatic carbocycles. The minimum Gasteiger partial charge on any atom is -0.356 e. The van der Waals surface area contributed by atoms with Gasteiger partial charge in [0.15, 0.2) is 16.7 Å². The molecule has 0 spiro atoms. The van der Waals surface area contributed by atoms with E-state index in [4.69, 9.17) is 12.2 Å². The van der Waals surface area contributed by atoms with Crippen molar-refractivity contribution in [2.24, 2.45) is 0 Å². The van der Waals surface area contributed by atoms with Gasteiger partial charge >= 0.3 is 0 Å². The van der Waals surface area contributed by atoms with Gasteiger partial charge in [-0.2, -0.15) is 0 Å². The van der Waals surface area contributed by atoms with Gasteiger partial charge in [-0.25, -0.2) is 8.78 Å². The summed E-state index contributed by atoms with van der Waals surface area (Å²) < 4.78 is 26.2. The Labute approximate surface area is 134 Å². The Morgan fingerprint density at radius 3 is 2.45 bits per heavy atom. The molecule has 0 saturated heterocycles. The van der Waals surface area contributed by atoms with Gasteiger partial charge in [0, 0.05) is 5.69 Å². The maximum Gasteiger partial charge on any atom is 0.171 e. The summed E-state index contributed by atoms with van der Waals surface area (Å²) in [5.41, 5.74) is 3.76.